The van der Waals surface area contributed by atoms with E-state index in [1.54, 1.807) is 50.2 Å². The van der Waals surface area contributed by atoms with Crippen LogP contribution in [0.4, 0.5) is 4.39 Å². The first-order chi connectivity index (χ1) is 12.2. The summed E-state index contributed by atoms with van der Waals surface area (Å²) >= 11 is 0. The number of carbonyl (C=O) groups excluding carboxylic acids is 1. The summed E-state index contributed by atoms with van der Waals surface area (Å²) in [5.74, 6) is -1.12. The van der Waals surface area contributed by atoms with Crippen molar-refractivity contribution in [1.29, 1.82) is 0 Å². The third-order valence-electron chi connectivity index (χ3n) is 4.22. The quantitative estimate of drug-likeness (QED) is 0.794. The maximum Gasteiger partial charge on any atom is 0.341 e. The lowest BCUT2D eigenvalue weighted by Gasteiger charge is -2.26. The molecule has 0 aliphatic carbocycles. The van der Waals surface area contributed by atoms with E-state index in [4.69, 9.17) is 9.84 Å². The summed E-state index contributed by atoms with van der Waals surface area (Å²) in [5, 5.41) is 11.6. The number of nitrogens with one attached hydrogen (secondary N) is 1. The highest BCUT2D eigenvalue weighted by molar-refractivity contribution is 5.87. The smallest absolute Gasteiger partial charge is 0.341 e. The standard InChI is InChI=1S/C20H22FNO4/c1-13(14-4-10-17(11-5-14)26-12-18(23)24)22-19(25)20(2,3)15-6-8-16(21)9-7-15/h4-11,13H,12H2,1-3H3,(H,22,25)(H,23,24). The molecule has 0 aliphatic rings. The second kappa shape index (κ2) is 7.99. The Bertz CT molecular complexity index is 769. The molecule has 2 N–H and O–H groups in total. The molecule has 138 valence electrons. The topological polar surface area (TPSA) is 75.6 Å². The fourth-order valence-corrected chi connectivity index (χ4v) is 2.46. The van der Waals surface area contributed by atoms with Gasteiger partial charge in [0.25, 0.3) is 0 Å². The molecule has 26 heavy (non-hydrogen) atoms. The van der Waals surface area contributed by atoms with E-state index in [9.17, 15) is 14.0 Å². The van der Waals surface area contributed by atoms with Crippen LogP contribution in [0.5, 0.6) is 5.75 Å². The van der Waals surface area contributed by atoms with Gasteiger partial charge in [0.05, 0.1) is 11.5 Å². The molecule has 1 amide bonds. The van der Waals surface area contributed by atoms with E-state index >= 15 is 0 Å². The Morgan fingerprint density at radius 3 is 2.23 bits per heavy atom. The molecule has 2 rings (SSSR count). The predicted molar refractivity (Wildman–Crippen MR) is 95.6 cm³/mol. The van der Waals surface area contributed by atoms with Crippen molar-refractivity contribution in [2.75, 3.05) is 6.61 Å². The van der Waals surface area contributed by atoms with Gasteiger partial charge in [-0.1, -0.05) is 24.3 Å². The Kier molecular flexibility index (Phi) is 5.97. The first-order valence-corrected chi connectivity index (χ1v) is 8.21. The van der Waals surface area contributed by atoms with Crippen molar-refractivity contribution in [2.24, 2.45) is 0 Å². The first kappa shape index (κ1) is 19.4. The molecule has 0 radical (unpaired) electrons. The first-order valence-electron chi connectivity index (χ1n) is 8.21. The van der Waals surface area contributed by atoms with Crippen LogP contribution in [0.3, 0.4) is 0 Å². The fourth-order valence-electron chi connectivity index (χ4n) is 2.46. The van der Waals surface area contributed by atoms with Gasteiger partial charge in [-0.25, -0.2) is 9.18 Å². The van der Waals surface area contributed by atoms with E-state index in [2.05, 4.69) is 5.32 Å². The van der Waals surface area contributed by atoms with Crippen LogP contribution in [0.15, 0.2) is 48.5 Å². The SMILES string of the molecule is CC(NC(=O)C(C)(C)c1ccc(F)cc1)c1ccc(OCC(=O)O)cc1. The van der Waals surface area contributed by atoms with Crippen molar-refractivity contribution in [3.8, 4) is 5.75 Å². The number of ether oxygens (including phenoxy) is 1. The van der Waals surface area contributed by atoms with Gasteiger partial charge in [0.2, 0.25) is 5.91 Å². The lowest BCUT2D eigenvalue weighted by atomic mass is 9.83. The van der Waals surface area contributed by atoms with E-state index in [1.807, 2.05) is 6.92 Å². The van der Waals surface area contributed by atoms with Crippen LogP contribution in [-0.4, -0.2) is 23.6 Å². The van der Waals surface area contributed by atoms with Gasteiger partial charge >= 0.3 is 5.97 Å². The van der Waals surface area contributed by atoms with Crippen LogP contribution in [0, 0.1) is 5.82 Å². The van der Waals surface area contributed by atoms with Gasteiger partial charge in [0.15, 0.2) is 6.61 Å². The van der Waals surface area contributed by atoms with Crippen molar-refractivity contribution < 1.29 is 23.8 Å². The van der Waals surface area contributed by atoms with E-state index in [0.29, 0.717) is 5.75 Å². The summed E-state index contributed by atoms with van der Waals surface area (Å²) in [6.07, 6.45) is 0. The average molecular weight is 359 g/mol. The highest BCUT2D eigenvalue weighted by Gasteiger charge is 2.30. The molecule has 2 aromatic carbocycles. The number of carbonyl (C=O) groups is 2. The van der Waals surface area contributed by atoms with Crippen LogP contribution in [0.2, 0.25) is 0 Å². The minimum atomic E-state index is -1.04. The summed E-state index contributed by atoms with van der Waals surface area (Å²) in [7, 11) is 0. The minimum absolute atomic E-state index is 0.178. The largest absolute Gasteiger partial charge is 0.482 e. The number of aliphatic carboxylic acids is 1. The molecule has 1 atom stereocenters. The average Bonchev–Trinajstić information content (AvgIpc) is 2.60. The van der Waals surface area contributed by atoms with Gasteiger partial charge < -0.3 is 15.2 Å². The fraction of sp³-hybridized carbons (Fsp3) is 0.300. The van der Waals surface area contributed by atoms with E-state index in [-0.39, 0.29) is 17.8 Å². The molecule has 6 heteroatoms. The summed E-state index contributed by atoms with van der Waals surface area (Å²) in [6, 6.07) is 12.5. The Balaban J connectivity index is 2.03. The number of carboxylic acids is 1. The molecule has 0 saturated carbocycles. The summed E-state index contributed by atoms with van der Waals surface area (Å²) in [5.41, 5.74) is 0.768. The molecule has 0 bridgehead atoms. The van der Waals surface area contributed by atoms with Crippen LogP contribution in [0.1, 0.15) is 37.9 Å². The van der Waals surface area contributed by atoms with Gasteiger partial charge in [-0.3, -0.25) is 4.79 Å². The number of halogens is 1. The number of hydrogen-bond acceptors (Lipinski definition) is 3. The Morgan fingerprint density at radius 2 is 1.69 bits per heavy atom. The van der Waals surface area contributed by atoms with Crippen molar-refractivity contribution in [1.82, 2.24) is 5.32 Å². The zero-order chi connectivity index (χ0) is 19.3. The molecule has 0 aliphatic heterocycles. The number of hydrogen-bond donors (Lipinski definition) is 2. The van der Waals surface area contributed by atoms with Crippen molar-refractivity contribution in [3.63, 3.8) is 0 Å². The predicted octanol–water partition coefficient (Wildman–Crippen LogP) is 3.44. The molecule has 0 fully saturated rings. The lowest BCUT2D eigenvalue weighted by Crippen LogP contribution is -2.41. The zero-order valence-electron chi connectivity index (χ0n) is 15.0. The summed E-state index contributed by atoms with van der Waals surface area (Å²) in [4.78, 5) is 23.2. The maximum atomic E-state index is 13.1. The van der Waals surface area contributed by atoms with Crippen LogP contribution in [-0.2, 0) is 15.0 Å². The van der Waals surface area contributed by atoms with Gasteiger partial charge in [0, 0.05) is 0 Å². The van der Waals surface area contributed by atoms with Gasteiger partial charge in [0.1, 0.15) is 11.6 Å². The second-order valence-corrected chi connectivity index (χ2v) is 6.58. The molecular weight excluding hydrogens is 337 g/mol. The zero-order valence-corrected chi connectivity index (χ0v) is 15.0. The second-order valence-electron chi connectivity index (χ2n) is 6.58. The van der Waals surface area contributed by atoms with E-state index < -0.39 is 18.0 Å². The van der Waals surface area contributed by atoms with Crippen LogP contribution < -0.4 is 10.1 Å². The molecule has 0 heterocycles. The number of carboxylic acid groups (broad SMARTS) is 1. The third-order valence-corrected chi connectivity index (χ3v) is 4.22. The van der Waals surface area contributed by atoms with Crippen LogP contribution in [0.25, 0.3) is 0 Å². The highest BCUT2D eigenvalue weighted by atomic mass is 19.1. The molecule has 0 aromatic heterocycles. The molecule has 5 nitrogen and oxygen atoms in total. The van der Waals surface area contributed by atoms with Crippen molar-refractivity contribution in [3.05, 3.63) is 65.5 Å². The number of rotatable bonds is 7. The summed E-state index contributed by atoms with van der Waals surface area (Å²) in [6.45, 7) is 5.01. The highest BCUT2D eigenvalue weighted by Crippen LogP contribution is 2.25. The molecule has 0 saturated heterocycles. The van der Waals surface area contributed by atoms with Gasteiger partial charge in [-0.15, -0.1) is 0 Å². The molecule has 0 spiro atoms. The third kappa shape index (κ3) is 4.81. The Morgan fingerprint density at radius 1 is 1.12 bits per heavy atom. The van der Waals surface area contributed by atoms with Gasteiger partial charge in [-0.2, -0.15) is 0 Å². The lowest BCUT2D eigenvalue weighted by molar-refractivity contribution is -0.139. The molecule has 2 aromatic rings. The monoisotopic (exact) mass is 359 g/mol. The minimum Gasteiger partial charge on any atom is -0.482 e. The van der Waals surface area contributed by atoms with E-state index in [0.717, 1.165) is 11.1 Å². The van der Waals surface area contributed by atoms with Gasteiger partial charge in [-0.05, 0) is 56.2 Å². The van der Waals surface area contributed by atoms with Crippen molar-refractivity contribution in [2.45, 2.75) is 32.2 Å². The van der Waals surface area contributed by atoms with E-state index in [1.165, 1.54) is 12.1 Å². The Hall–Kier alpha value is -2.89. The van der Waals surface area contributed by atoms with Crippen LogP contribution >= 0.6 is 0 Å². The maximum absolute atomic E-state index is 13.1. The number of benzene rings is 2. The normalized spacial score (nSPS) is 12.3. The summed E-state index contributed by atoms with van der Waals surface area (Å²) < 4.78 is 18.2. The Labute approximate surface area is 151 Å². The van der Waals surface area contributed by atoms with Crippen molar-refractivity contribution >= 4 is 11.9 Å². The molecular formula is C20H22FNO4. The number of amides is 1. The molecule has 1 unspecified atom stereocenters.